The summed E-state index contributed by atoms with van der Waals surface area (Å²) in [5, 5.41) is 0. The average Bonchev–Trinajstić information content (AvgIpc) is 2.04. The van der Waals surface area contributed by atoms with Crippen molar-refractivity contribution in [3.8, 4) is 5.75 Å². The molecular weight excluding hydrogens is 244 g/mol. The van der Waals surface area contributed by atoms with Crippen LogP contribution in [0.15, 0.2) is 23.1 Å². The second kappa shape index (κ2) is 4.19. The molecule has 1 rings (SSSR count). The van der Waals surface area contributed by atoms with E-state index in [4.69, 9.17) is 8.98 Å². The van der Waals surface area contributed by atoms with Crippen molar-refractivity contribution in [1.29, 1.82) is 0 Å². The Labute approximate surface area is 97.1 Å². The highest BCUT2D eigenvalue weighted by molar-refractivity contribution is 7.86. The Kier molecular flexibility index (Phi) is 3.46. The summed E-state index contributed by atoms with van der Waals surface area (Å²) in [5.41, 5.74) is 0.760. The predicted molar refractivity (Wildman–Crippen MR) is 65.0 cm³/mol. The monoisotopic (exact) mass is 260 g/mol. The molecule has 0 bridgehead atoms. The van der Waals surface area contributed by atoms with Gasteiger partial charge in [0.25, 0.3) is 10.1 Å². The Bertz CT molecular complexity index is 488. The fourth-order valence-electron chi connectivity index (χ4n) is 1.23. The first-order chi connectivity index (χ1) is 7.09. The van der Waals surface area contributed by atoms with Crippen molar-refractivity contribution in [3.63, 3.8) is 0 Å². The quantitative estimate of drug-likeness (QED) is 0.670. The second-order valence-corrected chi connectivity index (χ2v) is 10.5. The molecule has 0 saturated carbocycles. The molecule has 1 aromatic rings. The van der Waals surface area contributed by atoms with Gasteiger partial charge in [-0.1, -0.05) is 6.07 Å². The van der Waals surface area contributed by atoms with Gasteiger partial charge in [0.2, 0.25) is 8.32 Å². The van der Waals surface area contributed by atoms with Crippen molar-refractivity contribution >= 4 is 18.4 Å². The average molecular weight is 260 g/mol. The molecule has 0 unspecified atom stereocenters. The van der Waals surface area contributed by atoms with E-state index in [-0.39, 0.29) is 10.6 Å². The van der Waals surface area contributed by atoms with E-state index in [1.807, 2.05) is 19.6 Å². The summed E-state index contributed by atoms with van der Waals surface area (Å²) in [6, 6.07) is 4.74. The molecule has 0 spiro atoms. The molecule has 90 valence electrons. The predicted octanol–water partition coefficient (Wildman–Crippen LogP) is 2.46. The Morgan fingerprint density at radius 3 is 2.25 bits per heavy atom. The van der Waals surface area contributed by atoms with Crippen molar-refractivity contribution in [3.05, 3.63) is 23.8 Å². The van der Waals surface area contributed by atoms with Crippen LogP contribution in [-0.4, -0.2) is 21.3 Å². The van der Waals surface area contributed by atoms with Gasteiger partial charge in [-0.25, -0.2) is 0 Å². The zero-order valence-corrected chi connectivity index (χ0v) is 11.6. The van der Waals surface area contributed by atoms with Gasteiger partial charge in [0.15, 0.2) is 0 Å². The molecule has 16 heavy (non-hydrogen) atoms. The van der Waals surface area contributed by atoms with Crippen LogP contribution in [0.2, 0.25) is 19.6 Å². The number of hydrogen-bond donors (Lipinski definition) is 1. The maximum absolute atomic E-state index is 11.2. The molecular formula is C10H16O4SSi. The lowest BCUT2D eigenvalue weighted by Gasteiger charge is -2.20. The van der Waals surface area contributed by atoms with Gasteiger partial charge in [0.05, 0.1) is 0 Å². The van der Waals surface area contributed by atoms with Crippen LogP contribution < -0.4 is 4.43 Å². The molecule has 0 aliphatic heterocycles. The molecule has 4 nitrogen and oxygen atoms in total. The fourth-order valence-corrected chi connectivity index (χ4v) is 2.84. The maximum Gasteiger partial charge on any atom is 0.298 e. The number of rotatable bonds is 3. The van der Waals surface area contributed by atoms with Crippen LogP contribution in [-0.2, 0) is 10.1 Å². The Morgan fingerprint density at radius 2 is 1.81 bits per heavy atom. The van der Waals surface area contributed by atoms with Crippen molar-refractivity contribution in [2.75, 3.05) is 0 Å². The van der Waals surface area contributed by atoms with Gasteiger partial charge in [-0.2, -0.15) is 8.42 Å². The van der Waals surface area contributed by atoms with Crippen molar-refractivity contribution in [2.45, 2.75) is 31.5 Å². The standard InChI is InChI=1S/C10H16O4SSi/c1-8-5-6-9(14-16(2,3)4)10(7-8)15(11,12)13/h5-7H,1-4H3,(H,11,12,13). The largest absolute Gasteiger partial charge is 0.543 e. The minimum atomic E-state index is -4.23. The molecule has 0 amide bonds. The lowest BCUT2D eigenvalue weighted by molar-refractivity contribution is 0.473. The van der Waals surface area contributed by atoms with E-state index in [2.05, 4.69) is 0 Å². The molecule has 1 N–H and O–H groups in total. The van der Waals surface area contributed by atoms with Crippen LogP contribution in [0.3, 0.4) is 0 Å². The van der Waals surface area contributed by atoms with Crippen molar-refractivity contribution in [2.24, 2.45) is 0 Å². The van der Waals surface area contributed by atoms with Gasteiger partial charge in [-0.3, -0.25) is 4.55 Å². The minimum absolute atomic E-state index is 0.157. The first kappa shape index (κ1) is 13.2. The third-order valence-corrected chi connectivity index (χ3v) is 3.50. The smallest absolute Gasteiger partial charge is 0.298 e. The van der Waals surface area contributed by atoms with Gasteiger partial charge in [0, 0.05) is 0 Å². The highest BCUT2D eigenvalue weighted by atomic mass is 32.2. The summed E-state index contributed by atoms with van der Waals surface area (Å²) in [6.07, 6.45) is 0. The van der Waals surface area contributed by atoms with Crippen LogP contribution in [0.25, 0.3) is 0 Å². The van der Waals surface area contributed by atoms with E-state index < -0.39 is 18.4 Å². The van der Waals surface area contributed by atoms with E-state index in [9.17, 15) is 8.42 Å². The molecule has 0 aliphatic carbocycles. The number of benzene rings is 1. The maximum atomic E-state index is 11.2. The fraction of sp³-hybridized carbons (Fsp3) is 0.400. The van der Waals surface area contributed by atoms with Gasteiger partial charge in [-0.15, -0.1) is 0 Å². The number of aryl methyl sites for hydroxylation is 1. The van der Waals surface area contributed by atoms with Crippen LogP contribution >= 0.6 is 0 Å². The van der Waals surface area contributed by atoms with Gasteiger partial charge in [-0.05, 0) is 44.3 Å². The Balaban J connectivity index is 3.30. The molecule has 0 fully saturated rings. The number of hydrogen-bond acceptors (Lipinski definition) is 3. The van der Waals surface area contributed by atoms with Gasteiger partial charge in [0.1, 0.15) is 10.6 Å². The third kappa shape index (κ3) is 3.62. The van der Waals surface area contributed by atoms with Crippen LogP contribution in [0.5, 0.6) is 5.75 Å². The zero-order chi connectivity index (χ0) is 12.6. The third-order valence-electron chi connectivity index (χ3n) is 1.79. The molecule has 0 heterocycles. The highest BCUT2D eigenvalue weighted by Crippen LogP contribution is 2.27. The highest BCUT2D eigenvalue weighted by Gasteiger charge is 2.22. The normalized spacial score (nSPS) is 12.6. The van der Waals surface area contributed by atoms with Crippen molar-refractivity contribution in [1.82, 2.24) is 0 Å². The van der Waals surface area contributed by atoms with E-state index in [0.29, 0.717) is 0 Å². The van der Waals surface area contributed by atoms with Crippen molar-refractivity contribution < 1.29 is 17.4 Å². The molecule has 0 radical (unpaired) electrons. The summed E-state index contributed by atoms with van der Waals surface area (Å²) in [5.74, 6) is 0.229. The summed E-state index contributed by atoms with van der Waals surface area (Å²) < 4.78 is 37.1. The van der Waals surface area contributed by atoms with E-state index in [1.165, 1.54) is 6.07 Å². The Morgan fingerprint density at radius 1 is 1.25 bits per heavy atom. The Hall–Kier alpha value is -0.853. The topological polar surface area (TPSA) is 63.6 Å². The minimum Gasteiger partial charge on any atom is -0.543 e. The SMILES string of the molecule is Cc1ccc(O[Si](C)(C)C)c(S(=O)(=O)O)c1. The van der Waals surface area contributed by atoms with E-state index in [0.717, 1.165) is 5.56 Å². The molecule has 0 saturated heterocycles. The summed E-state index contributed by atoms with van der Waals surface area (Å²) in [6.45, 7) is 7.59. The first-order valence-electron chi connectivity index (χ1n) is 4.87. The first-order valence-corrected chi connectivity index (χ1v) is 9.71. The lowest BCUT2D eigenvalue weighted by Crippen LogP contribution is -2.30. The summed E-state index contributed by atoms with van der Waals surface area (Å²) >= 11 is 0. The molecule has 0 atom stereocenters. The lowest BCUT2D eigenvalue weighted by atomic mass is 10.2. The molecule has 1 aromatic carbocycles. The van der Waals surface area contributed by atoms with Crippen LogP contribution in [0, 0.1) is 6.92 Å². The van der Waals surface area contributed by atoms with E-state index in [1.54, 1.807) is 19.1 Å². The molecule has 0 aromatic heterocycles. The van der Waals surface area contributed by atoms with Gasteiger partial charge < -0.3 is 4.43 Å². The van der Waals surface area contributed by atoms with Crippen LogP contribution in [0.1, 0.15) is 5.56 Å². The molecule has 6 heteroatoms. The summed E-state index contributed by atoms with van der Waals surface area (Å²) in [7, 11) is -6.13. The van der Waals surface area contributed by atoms with E-state index >= 15 is 0 Å². The van der Waals surface area contributed by atoms with Gasteiger partial charge >= 0.3 is 0 Å². The summed E-state index contributed by atoms with van der Waals surface area (Å²) in [4.78, 5) is -0.157. The second-order valence-electron chi connectivity index (χ2n) is 4.64. The van der Waals surface area contributed by atoms with Crippen LogP contribution in [0.4, 0.5) is 0 Å². The zero-order valence-electron chi connectivity index (χ0n) is 9.81. The molecule has 0 aliphatic rings.